The Labute approximate surface area is 109 Å². The Kier molecular flexibility index (Phi) is 5.50. The van der Waals surface area contributed by atoms with Crippen molar-refractivity contribution in [3.8, 4) is 0 Å². The highest BCUT2D eigenvalue weighted by molar-refractivity contribution is 7.98. The van der Waals surface area contributed by atoms with Crippen LogP contribution in [0, 0.1) is 13.8 Å². The maximum absolute atomic E-state index is 10.0. The third-order valence-corrected chi connectivity index (χ3v) is 3.82. The zero-order chi connectivity index (χ0) is 12.9. The molecule has 0 saturated heterocycles. The first-order chi connectivity index (χ1) is 7.96. The first-order valence-electron chi connectivity index (χ1n) is 5.93. The van der Waals surface area contributed by atoms with E-state index in [2.05, 4.69) is 37.4 Å². The van der Waals surface area contributed by atoms with E-state index in [-0.39, 0.29) is 0 Å². The first-order valence-corrected chi connectivity index (χ1v) is 7.33. The Balaban J connectivity index is 2.51. The molecule has 96 valence electrons. The van der Waals surface area contributed by atoms with Crippen LogP contribution in [-0.4, -0.2) is 29.3 Å². The minimum atomic E-state index is -0.629. The summed E-state index contributed by atoms with van der Waals surface area (Å²) >= 11 is 1.67. The molecule has 2 N–H and O–H groups in total. The lowest BCUT2D eigenvalue weighted by Crippen LogP contribution is -2.39. The summed E-state index contributed by atoms with van der Waals surface area (Å²) in [6.45, 7) is 7.58. The van der Waals surface area contributed by atoms with Gasteiger partial charge in [-0.3, -0.25) is 0 Å². The van der Waals surface area contributed by atoms with Crippen LogP contribution in [-0.2, 0) is 6.54 Å². The van der Waals surface area contributed by atoms with E-state index in [9.17, 15) is 5.11 Å². The van der Waals surface area contributed by atoms with Gasteiger partial charge in [0.05, 0.1) is 5.60 Å². The van der Waals surface area contributed by atoms with Crippen LogP contribution in [0.5, 0.6) is 0 Å². The number of aliphatic hydroxyl groups is 1. The zero-order valence-electron chi connectivity index (χ0n) is 11.2. The van der Waals surface area contributed by atoms with Crippen molar-refractivity contribution < 1.29 is 5.11 Å². The van der Waals surface area contributed by atoms with Gasteiger partial charge in [-0.1, -0.05) is 18.2 Å². The SMILES string of the molecule is CSCC(C)(O)CNCc1c(C)cccc1C. The van der Waals surface area contributed by atoms with E-state index in [0.717, 1.165) is 12.3 Å². The Hall–Kier alpha value is -0.510. The molecule has 0 bridgehead atoms. The summed E-state index contributed by atoms with van der Waals surface area (Å²) < 4.78 is 0. The molecular weight excluding hydrogens is 230 g/mol. The fourth-order valence-electron chi connectivity index (χ4n) is 1.95. The molecule has 0 fully saturated rings. The molecule has 1 atom stereocenters. The number of nitrogens with one attached hydrogen (secondary N) is 1. The lowest BCUT2D eigenvalue weighted by atomic mass is 10.0. The average Bonchev–Trinajstić information content (AvgIpc) is 2.22. The monoisotopic (exact) mass is 253 g/mol. The number of hydrogen-bond acceptors (Lipinski definition) is 3. The highest BCUT2D eigenvalue weighted by atomic mass is 32.2. The van der Waals surface area contributed by atoms with Crippen LogP contribution in [0.3, 0.4) is 0 Å². The number of thioether (sulfide) groups is 1. The van der Waals surface area contributed by atoms with Crippen LogP contribution in [0.1, 0.15) is 23.6 Å². The Morgan fingerprint density at radius 3 is 2.41 bits per heavy atom. The number of aryl methyl sites for hydroxylation is 2. The minimum Gasteiger partial charge on any atom is -0.388 e. The van der Waals surface area contributed by atoms with Gasteiger partial charge in [0, 0.05) is 18.8 Å². The van der Waals surface area contributed by atoms with E-state index in [0.29, 0.717) is 6.54 Å². The van der Waals surface area contributed by atoms with Gasteiger partial charge in [0.2, 0.25) is 0 Å². The predicted molar refractivity (Wildman–Crippen MR) is 76.6 cm³/mol. The van der Waals surface area contributed by atoms with Gasteiger partial charge < -0.3 is 10.4 Å². The summed E-state index contributed by atoms with van der Waals surface area (Å²) in [5, 5.41) is 13.4. The van der Waals surface area contributed by atoms with Crippen LogP contribution in [0.4, 0.5) is 0 Å². The number of hydrogen-bond donors (Lipinski definition) is 2. The quantitative estimate of drug-likeness (QED) is 0.817. The normalized spacial score (nSPS) is 14.6. The summed E-state index contributed by atoms with van der Waals surface area (Å²) in [6, 6.07) is 6.34. The topological polar surface area (TPSA) is 32.3 Å². The summed E-state index contributed by atoms with van der Waals surface area (Å²) in [4.78, 5) is 0. The van der Waals surface area contributed by atoms with Crippen molar-refractivity contribution >= 4 is 11.8 Å². The fraction of sp³-hybridized carbons (Fsp3) is 0.571. The molecule has 1 aromatic rings. The van der Waals surface area contributed by atoms with Crippen LogP contribution in [0.25, 0.3) is 0 Å². The van der Waals surface area contributed by atoms with Crippen molar-refractivity contribution in [2.75, 3.05) is 18.6 Å². The summed E-state index contributed by atoms with van der Waals surface area (Å²) in [7, 11) is 0. The highest BCUT2D eigenvalue weighted by Crippen LogP contribution is 2.14. The second-order valence-electron chi connectivity index (χ2n) is 4.90. The minimum absolute atomic E-state index is 0.627. The third kappa shape index (κ3) is 4.70. The lowest BCUT2D eigenvalue weighted by Gasteiger charge is -2.23. The maximum atomic E-state index is 10.0. The van der Waals surface area contributed by atoms with Crippen LogP contribution in [0.2, 0.25) is 0 Å². The average molecular weight is 253 g/mol. The van der Waals surface area contributed by atoms with Crippen molar-refractivity contribution in [2.24, 2.45) is 0 Å². The molecule has 1 unspecified atom stereocenters. The van der Waals surface area contributed by atoms with Crippen molar-refractivity contribution in [1.82, 2.24) is 5.32 Å². The fourth-order valence-corrected chi connectivity index (χ4v) is 2.67. The van der Waals surface area contributed by atoms with E-state index in [1.807, 2.05) is 13.2 Å². The molecule has 0 heterocycles. The van der Waals surface area contributed by atoms with E-state index in [4.69, 9.17) is 0 Å². The predicted octanol–water partition coefficient (Wildman–Crippen LogP) is 2.51. The summed E-state index contributed by atoms with van der Waals surface area (Å²) in [6.07, 6.45) is 2.01. The molecule has 0 spiro atoms. The molecule has 0 radical (unpaired) electrons. The molecule has 0 saturated carbocycles. The number of benzene rings is 1. The second kappa shape index (κ2) is 6.43. The largest absolute Gasteiger partial charge is 0.388 e. The Morgan fingerprint density at radius 2 is 1.88 bits per heavy atom. The maximum Gasteiger partial charge on any atom is 0.0833 e. The zero-order valence-corrected chi connectivity index (χ0v) is 12.0. The van der Waals surface area contributed by atoms with E-state index in [1.165, 1.54) is 16.7 Å². The van der Waals surface area contributed by atoms with Crippen LogP contribution in [0.15, 0.2) is 18.2 Å². The first kappa shape index (κ1) is 14.6. The van der Waals surface area contributed by atoms with Gasteiger partial charge in [0.25, 0.3) is 0 Å². The summed E-state index contributed by atoms with van der Waals surface area (Å²) in [5.74, 6) is 0.757. The van der Waals surface area contributed by atoms with Gasteiger partial charge in [0.15, 0.2) is 0 Å². The molecule has 2 nitrogen and oxygen atoms in total. The van der Waals surface area contributed by atoms with Gasteiger partial charge in [-0.2, -0.15) is 11.8 Å². The molecule has 17 heavy (non-hydrogen) atoms. The van der Waals surface area contributed by atoms with Gasteiger partial charge in [0.1, 0.15) is 0 Å². The van der Waals surface area contributed by atoms with Gasteiger partial charge in [-0.25, -0.2) is 0 Å². The molecule has 0 aliphatic rings. The lowest BCUT2D eigenvalue weighted by molar-refractivity contribution is 0.0845. The Bertz CT molecular complexity index is 343. The van der Waals surface area contributed by atoms with Gasteiger partial charge in [-0.15, -0.1) is 0 Å². The van der Waals surface area contributed by atoms with Crippen LogP contribution >= 0.6 is 11.8 Å². The van der Waals surface area contributed by atoms with Crippen molar-refractivity contribution in [1.29, 1.82) is 0 Å². The molecule has 0 aromatic heterocycles. The van der Waals surface area contributed by atoms with E-state index < -0.39 is 5.60 Å². The van der Waals surface area contributed by atoms with Crippen LogP contribution < -0.4 is 5.32 Å². The Morgan fingerprint density at radius 1 is 1.29 bits per heavy atom. The molecule has 3 heteroatoms. The van der Waals surface area contributed by atoms with Gasteiger partial charge >= 0.3 is 0 Å². The molecular formula is C14H23NOS. The molecule has 1 aromatic carbocycles. The molecule has 0 aliphatic heterocycles. The third-order valence-electron chi connectivity index (χ3n) is 2.91. The van der Waals surface area contributed by atoms with E-state index in [1.54, 1.807) is 11.8 Å². The van der Waals surface area contributed by atoms with Crippen molar-refractivity contribution in [3.63, 3.8) is 0 Å². The molecule has 0 amide bonds. The molecule has 0 aliphatic carbocycles. The molecule has 1 rings (SSSR count). The summed E-state index contributed by atoms with van der Waals surface area (Å²) in [5.41, 5.74) is 3.33. The smallest absolute Gasteiger partial charge is 0.0833 e. The van der Waals surface area contributed by atoms with Gasteiger partial charge in [-0.05, 0) is 43.7 Å². The standard InChI is InChI=1S/C14H23NOS/c1-11-6-5-7-12(2)13(11)8-15-9-14(3,16)10-17-4/h5-7,15-16H,8-10H2,1-4H3. The van der Waals surface area contributed by atoms with Crippen molar-refractivity contribution in [2.45, 2.75) is 32.9 Å². The van der Waals surface area contributed by atoms with E-state index >= 15 is 0 Å². The number of rotatable bonds is 6. The second-order valence-corrected chi connectivity index (χ2v) is 5.77. The van der Waals surface area contributed by atoms with Crippen molar-refractivity contribution in [3.05, 3.63) is 34.9 Å². The highest BCUT2D eigenvalue weighted by Gasteiger charge is 2.18.